The molecule has 2 aromatic heterocycles. The van der Waals surface area contributed by atoms with Gasteiger partial charge in [-0.25, -0.2) is 4.98 Å². The van der Waals surface area contributed by atoms with Crippen LogP contribution in [0, 0.1) is 0 Å². The van der Waals surface area contributed by atoms with Crippen molar-refractivity contribution in [2.24, 2.45) is 0 Å². The second-order valence-corrected chi connectivity index (χ2v) is 7.46. The Labute approximate surface area is 161 Å². The smallest absolute Gasteiger partial charge is 0.219 e. The van der Waals surface area contributed by atoms with Crippen molar-refractivity contribution in [2.45, 2.75) is 65.3 Å². The molecule has 5 heteroatoms. The lowest BCUT2D eigenvalue weighted by molar-refractivity contribution is -0.121. The molecule has 0 atom stereocenters. The Bertz CT molecular complexity index is 913. The number of aryl methyl sites for hydroxylation is 1. The van der Waals surface area contributed by atoms with Crippen LogP contribution in [0.15, 0.2) is 30.6 Å². The van der Waals surface area contributed by atoms with Crippen LogP contribution in [0.1, 0.15) is 64.5 Å². The number of para-hydroxylation sites is 1. The molecule has 1 N–H and O–H groups in total. The van der Waals surface area contributed by atoms with Gasteiger partial charge in [0.1, 0.15) is 5.52 Å². The molecule has 0 aliphatic heterocycles. The Morgan fingerprint density at radius 2 is 2.00 bits per heavy atom. The minimum atomic E-state index is 0.170. The SMILES string of the molecule is CCCNC(=O)CCCCCn1cnc2c(C(C)C)nc3ccccc3c21. The molecule has 2 heterocycles. The minimum absolute atomic E-state index is 0.170. The number of unbranched alkanes of at least 4 members (excludes halogenated alkanes) is 2. The van der Waals surface area contributed by atoms with Crippen LogP contribution in [-0.2, 0) is 11.3 Å². The van der Waals surface area contributed by atoms with Gasteiger partial charge >= 0.3 is 0 Å². The molecule has 5 nitrogen and oxygen atoms in total. The zero-order valence-corrected chi connectivity index (χ0v) is 16.7. The van der Waals surface area contributed by atoms with Gasteiger partial charge in [-0.05, 0) is 31.2 Å². The van der Waals surface area contributed by atoms with E-state index in [4.69, 9.17) is 4.98 Å². The van der Waals surface area contributed by atoms with E-state index in [9.17, 15) is 4.79 Å². The summed E-state index contributed by atoms with van der Waals surface area (Å²) in [6.07, 6.45) is 6.56. The largest absolute Gasteiger partial charge is 0.356 e. The number of nitrogens with zero attached hydrogens (tertiary/aromatic N) is 3. The number of aromatic nitrogens is 3. The van der Waals surface area contributed by atoms with E-state index in [0.717, 1.165) is 60.9 Å². The van der Waals surface area contributed by atoms with Gasteiger partial charge in [-0.15, -0.1) is 0 Å². The molecular weight excluding hydrogens is 336 g/mol. The molecule has 3 rings (SSSR count). The number of hydrogen-bond acceptors (Lipinski definition) is 3. The summed E-state index contributed by atoms with van der Waals surface area (Å²) in [6.45, 7) is 8.09. The normalized spacial score (nSPS) is 11.6. The van der Waals surface area contributed by atoms with Crippen molar-refractivity contribution >= 4 is 27.8 Å². The Hall–Kier alpha value is -2.43. The maximum Gasteiger partial charge on any atom is 0.219 e. The maximum absolute atomic E-state index is 11.7. The van der Waals surface area contributed by atoms with Crippen molar-refractivity contribution in [3.63, 3.8) is 0 Å². The number of fused-ring (bicyclic) bond motifs is 3. The van der Waals surface area contributed by atoms with Gasteiger partial charge < -0.3 is 9.88 Å². The molecule has 0 aliphatic rings. The van der Waals surface area contributed by atoms with Gasteiger partial charge in [0, 0.05) is 24.9 Å². The fourth-order valence-corrected chi connectivity index (χ4v) is 3.48. The predicted molar refractivity (Wildman–Crippen MR) is 111 cm³/mol. The highest BCUT2D eigenvalue weighted by Crippen LogP contribution is 2.29. The van der Waals surface area contributed by atoms with Gasteiger partial charge in [0.05, 0.1) is 23.1 Å². The third-order valence-corrected chi connectivity index (χ3v) is 4.90. The first-order valence-electron chi connectivity index (χ1n) is 10.1. The predicted octanol–water partition coefficient (Wildman–Crippen LogP) is 4.79. The number of pyridine rings is 1. The van der Waals surface area contributed by atoms with Gasteiger partial charge in [0.15, 0.2) is 0 Å². The van der Waals surface area contributed by atoms with Crippen LogP contribution < -0.4 is 5.32 Å². The van der Waals surface area contributed by atoms with Gasteiger partial charge in [0.2, 0.25) is 5.91 Å². The van der Waals surface area contributed by atoms with E-state index in [-0.39, 0.29) is 5.91 Å². The second-order valence-electron chi connectivity index (χ2n) is 7.46. The van der Waals surface area contributed by atoms with Crippen LogP contribution in [0.4, 0.5) is 0 Å². The standard InChI is InChI=1S/C22H30N4O/c1-4-13-23-19(27)12-6-5-9-14-26-15-24-21-20(16(2)3)25-18-11-8-7-10-17(18)22(21)26/h7-8,10-11,15-16H,4-6,9,12-14H2,1-3H3,(H,23,27). The topological polar surface area (TPSA) is 59.8 Å². The highest BCUT2D eigenvalue weighted by Gasteiger charge is 2.15. The van der Waals surface area contributed by atoms with E-state index in [1.54, 1.807) is 0 Å². The van der Waals surface area contributed by atoms with Crippen molar-refractivity contribution in [2.75, 3.05) is 6.54 Å². The average Bonchev–Trinajstić information content (AvgIpc) is 3.09. The first-order chi connectivity index (χ1) is 13.1. The lowest BCUT2D eigenvalue weighted by Gasteiger charge is -2.11. The van der Waals surface area contributed by atoms with E-state index in [0.29, 0.717) is 12.3 Å². The zero-order chi connectivity index (χ0) is 19.2. The van der Waals surface area contributed by atoms with Gasteiger partial charge in [-0.1, -0.05) is 45.4 Å². The fourth-order valence-electron chi connectivity index (χ4n) is 3.48. The molecule has 0 saturated heterocycles. The van der Waals surface area contributed by atoms with Crippen molar-refractivity contribution in [3.8, 4) is 0 Å². The summed E-state index contributed by atoms with van der Waals surface area (Å²) >= 11 is 0. The van der Waals surface area contributed by atoms with E-state index in [1.165, 1.54) is 5.52 Å². The van der Waals surface area contributed by atoms with Gasteiger partial charge in [-0.2, -0.15) is 0 Å². The monoisotopic (exact) mass is 366 g/mol. The zero-order valence-electron chi connectivity index (χ0n) is 16.7. The molecule has 0 radical (unpaired) electrons. The van der Waals surface area contributed by atoms with E-state index in [1.807, 2.05) is 12.4 Å². The molecule has 0 spiro atoms. The summed E-state index contributed by atoms with van der Waals surface area (Å²) in [7, 11) is 0. The molecule has 144 valence electrons. The second kappa shape index (κ2) is 8.98. The van der Waals surface area contributed by atoms with Crippen LogP contribution in [0.3, 0.4) is 0 Å². The Balaban J connectivity index is 1.71. The average molecular weight is 367 g/mol. The molecule has 3 aromatic rings. The van der Waals surface area contributed by atoms with Gasteiger partial charge in [-0.3, -0.25) is 9.78 Å². The number of nitrogens with one attached hydrogen (secondary N) is 1. The molecule has 27 heavy (non-hydrogen) atoms. The van der Waals surface area contributed by atoms with Gasteiger partial charge in [0.25, 0.3) is 0 Å². The third kappa shape index (κ3) is 4.46. The summed E-state index contributed by atoms with van der Waals surface area (Å²) < 4.78 is 2.25. The molecule has 0 unspecified atom stereocenters. The quantitative estimate of drug-likeness (QED) is 0.554. The Morgan fingerprint density at radius 3 is 2.78 bits per heavy atom. The molecular formula is C22H30N4O. The Kier molecular flexibility index (Phi) is 6.43. The lowest BCUT2D eigenvalue weighted by Crippen LogP contribution is -2.23. The summed E-state index contributed by atoms with van der Waals surface area (Å²) in [6, 6.07) is 8.30. The van der Waals surface area contributed by atoms with Crippen LogP contribution in [-0.4, -0.2) is 27.0 Å². The third-order valence-electron chi connectivity index (χ3n) is 4.90. The number of carbonyl (C=O) groups excluding carboxylic acids is 1. The summed E-state index contributed by atoms with van der Waals surface area (Å²) in [5.41, 5.74) is 4.30. The van der Waals surface area contributed by atoms with Crippen LogP contribution in [0.25, 0.3) is 21.9 Å². The highest BCUT2D eigenvalue weighted by atomic mass is 16.1. The summed E-state index contributed by atoms with van der Waals surface area (Å²) in [5.74, 6) is 0.505. The molecule has 1 aromatic carbocycles. The Morgan fingerprint density at radius 1 is 1.19 bits per heavy atom. The lowest BCUT2D eigenvalue weighted by atomic mass is 10.1. The molecule has 0 bridgehead atoms. The van der Waals surface area contributed by atoms with Crippen molar-refractivity contribution in [1.82, 2.24) is 19.9 Å². The molecule has 0 saturated carbocycles. The summed E-state index contributed by atoms with van der Waals surface area (Å²) in [5, 5.41) is 4.10. The number of hydrogen-bond donors (Lipinski definition) is 1. The van der Waals surface area contributed by atoms with E-state index >= 15 is 0 Å². The van der Waals surface area contributed by atoms with E-state index in [2.05, 4.69) is 53.8 Å². The minimum Gasteiger partial charge on any atom is -0.356 e. The van der Waals surface area contributed by atoms with Crippen molar-refractivity contribution < 1.29 is 4.79 Å². The van der Waals surface area contributed by atoms with Crippen molar-refractivity contribution in [3.05, 3.63) is 36.3 Å². The number of carbonyl (C=O) groups is 1. The van der Waals surface area contributed by atoms with Crippen LogP contribution in [0.2, 0.25) is 0 Å². The number of benzene rings is 1. The number of rotatable bonds is 9. The molecule has 1 amide bonds. The maximum atomic E-state index is 11.7. The van der Waals surface area contributed by atoms with Crippen LogP contribution >= 0.6 is 0 Å². The first-order valence-corrected chi connectivity index (χ1v) is 10.1. The first kappa shape index (κ1) is 19.3. The van der Waals surface area contributed by atoms with E-state index < -0.39 is 0 Å². The fraction of sp³-hybridized carbons (Fsp3) is 0.500. The molecule has 0 fully saturated rings. The van der Waals surface area contributed by atoms with Crippen LogP contribution in [0.5, 0.6) is 0 Å². The number of imidazole rings is 1. The highest BCUT2D eigenvalue weighted by molar-refractivity contribution is 6.03. The van der Waals surface area contributed by atoms with Crippen molar-refractivity contribution in [1.29, 1.82) is 0 Å². The molecule has 0 aliphatic carbocycles. The number of amides is 1. The summed E-state index contributed by atoms with van der Waals surface area (Å²) in [4.78, 5) is 21.2.